The summed E-state index contributed by atoms with van der Waals surface area (Å²) in [6.07, 6.45) is 0. The molecule has 4 rings (SSSR count). The summed E-state index contributed by atoms with van der Waals surface area (Å²) in [4.78, 5) is 0. The molecule has 0 atom stereocenters. The maximum absolute atomic E-state index is 3.31. The van der Waals surface area contributed by atoms with Gasteiger partial charge in [0.05, 0.1) is 0 Å². The summed E-state index contributed by atoms with van der Waals surface area (Å²) in [5.74, 6) is 0. The molecule has 0 N–H and O–H groups in total. The normalized spacial score (nSPS) is 10.8. The Morgan fingerprint density at radius 3 is 2.06 bits per heavy atom. The molecule has 0 saturated heterocycles. The van der Waals surface area contributed by atoms with E-state index in [1.165, 1.54) is 48.7 Å². The van der Waals surface area contributed by atoms with Crippen molar-refractivity contribution in [2.24, 2.45) is 0 Å². The zero-order chi connectivity index (χ0) is 12.5. The third-order valence-corrected chi connectivity index (χ3v) is 3.31. The van der Waals surface area contributed by atoms with Crippen molar-refractivity contribution in [3.05, 3.63) is 60.7 Å². The molecule has 0 unspecified atom stereocenters. The zero-order valence-corrected chi connectivity index (χ0v) is 14.3. The first-order valence-corrected chi connectivity index (χ1v) is 12.7. The minimum absolute atomic E-state index is 1.19. The third kappa shape index (κ3) is 1.76. The van der Waals surface area contributed by atoms with Crippen molar-refractivity contribution in [3.8, 4) is 0 Å². The summed E-state index contributed by atoms with van der Waals surface area (Å²) >= 11 is 4.25. The number of rotatable bonds is 0. The molecule has 0 bridgehead atoms. The molecule has 0 fully saturated rings. The predicted octanol–water partition coefficient (Wildman–Crippen LogP) is 5.23. The molecule has 4 aromatic rings. The van der Waals surface area contributed by atoms with Crippen molar-refractivity contribution in [2.45, 2.75) is 0 Å². The average molecular weight is 347 g/mol. The fraction of sp³-hybridized carbons (Fsp3) is 0. The van der Waals surface area contributed by atoms with E-state index < -0.39 is 0 Å². The van der Waals surface area contributed by atoms with Gasteiger partial charge in [-0.1, -0.05) is 41.8 Å². The Labute approximate surface area is 122 Å². The van der Waals surface area contributed by atoms with Gasteiger partial charge in [-0.25, -0.2) is 0 Å². The molecule has 0 aliphatic carbocycles. The Hall–Kier alpha value is -0.977. The second-order valence-corrected chi connectivity index (χ2v) is 4.20. The molecule has 4 aromatic carbocycles. The third-order valence-electron chi connectivity index (χ3n) is 3.31. The predicted molar refractivity (Wildman–Crippen MR) is 77.9 cm³/mol. The molecule has 0 aliphatic heterocycles. The standard InChI is InChI=1S/C16H9.BrH.Zn/c1-3-11-7-9-13-5-2-6-14-10-8-12(4-1)15(11)16(13)14;;/h1-5,7-10H;1H;/q-1;;+2/p-1. The van der Waals surface area contributed by atoms with Crippen LogP contribution in [0.15, 0.2) is 54.6 Å². The Bertz CT molecular complexity index is 678. The van der Waals surface area contributed by atoms with Crippen LogP contribution in [0.2, 0.25) is 0 Å². The Kier molecular flexibility index (Phi) is 3.32. The van der Waals surface area contributed by atoms with Crippen molar-refractivity contribution in [2.75, 3.05) is 0 Å². The molecule has 0 saturated carbocycles. The summed E-state index contributed by atoms with van der Waals surface area (Å²) in [6, 6.07) is 22.6. The number of hydrogen-bond donors (Lipinski definition) is 0. The topological polar surface area (TPSA) is 0 Å². The van der Waals surface area contributed by atoms with Gasteiger partial charge in [0.2, 0.25) is 0 Å². The van der Waals surface area contributed by atoms with Crippen molar-refractivity contribution < 1.29 is 16.3 Å². The first-order valence-electron chi connectivity index (χ1n) is 5.74. The maximum Gasteiger partial charge on any atom is -0.0266 e. The van der Waals surface area contributed by atoms with Crippen LogP contribution in [0.3, 0.4) is 0 Å². The smallest absolute Gasteiger partial charge is 0.0266 e. The number of hydrogen-bond acceptors (Lipinski definition) is 0. The van der Waals surface area contributed by atoms with E-state index >= 15 is 0 Å². The van der Waals surface area contributed by atoms with E-state index in [1.54, 1.807) is 0 Å². The molecule has 2 heteroatoms. The molecule has 0 aliphatic rings. The summed E-state index contributed by atoms with van der Waals surface area (Å²) in [7, 11) is 0. The van der Waals surface area contributed by atoms with Gasteiger partial charge in [0.1, 0.15) is 0 Å². The number of halogens is 1. The van der Waals surface area contributed by atoms with Crippen LogP contribution in [-0.2, 0) is 16.3 Å². The van der Waals surface area contributed by atoms with Crippen LogP contribution in [0, 0.1) is 6.07 Å². The van der Waals surface area contributed by atoms with Gasteiger partial charge < -0.3 is 0 Å². The monoisotopic (exact) mass is 344 g/mol. The SMILES string of the molecule is [Zn+][Br].[c-]1ccc2ccc3cccc4ccc1c2c43. The molecule has 82 valence electrons. The summed E-state index contributed by atoms with van der Waals surface area (Å²) in [5.41, 5.74) is 0. The molecule has 0 radical (unpaired) electrons. The van der Waals surface area contributed by atoms with E-state index in [0.717, 1.165) is 0 Å². The van der Waals surface area contributed by atoms with Gasteiger partial charge in [-0.2, -0.15) is 0 Å². The van der Waals surface area contributed by atoms with Crippen molar-refractivity contribution >= 4 is 45.9 Å². The molecule has 0 heterocycles. The van der Waals surface area contributed by atoms with Crippen LogP contribution < -0.4 is 0 Å². The molecular weight excluding hydrogens is 337 g/mol. The fourth-order valence-corrected chi connectivity index (χ4v) is 2.59. The summed E-state index contributed by atoms with van der Waals surface area (Å²) in [6.45, 7) is 0. The molecule has 0 spiro atoms. The molecule has 18 heavy (non-hydrogen) atoms. The molecule has 0 aromatic heterocycles. The Morgan fingerprint density at radius 1 is 0.722 bits per heavy atom. The van der Waals surface area contributed by atoms with E-state index in [2.05, 4.69) is 68.2 Å². The van der Waals surface area contributed by atoms with E-state index in [0.29, 0.717) is 0 Å². The van der Waals surface area contributed by atoms with Crippen LogP contribution in [0.4, 0.5) is 0 Å². The largest absolute Gasteiger partial charge is 0.146 e. The van der Waals surface area contributed by atoms with E-state index in [-0.39, 0.29) is 0 Å². The van der Waals surface area contributed by atoms with Gasteiger partial charge in [-0.05, 0) is 16.2 Å². The number of benzene rings is 4. The minimum atomic E-state index is 1.19. The second kappa shape index (κ2) is 4.95. The fourth-order valence-electron chi connectivity index (χ4n) is 2.59. The van der Waals surface area contributed by atoms with Crippen molar-refractivity contribution in [3.63, 3.8) is 0 Å². The van der Waals surface area contributed by atoms with Gasteiger partial charge in [0.15, 0.2) is 0 Å². The van der Waals surface area contributed by atoms with Crippen LogP contribution in [0.25, 0.3) is 32.3 Å². The van der Waals surface area contributed by atoms with Gasteiger partial charge >= 0.3 is 30.0 Å². The second-order valence-electron chi connectivity index (χ2n) is 4.20. The van der Waals surface area contributed by atoms with Crippen LogP contribution >= 0.6 is 13.6 Å². The van der Waals surface area contributed by atoms with Crippen LogP contribution in [0.5, 0.6) is 0 Å². The Balaban J connectivity index is 0.000000478. The van der Waals surface area contributed by atoms with E-state index in [1.807, 2.05) is 6.07 Å². The van der Waals surface area contributed by atoms with Crippen LogP contribution in [0.1, 0.15) is 0 Å². The van der Waals surface area contributed by atoms with E-state index in [4.69, 9.17) is 0 Å². The first-order chi connectivity index (χ1) is 8.93. The summed E-state index contributed by atoms with van der Waals surface area (Å²) < 4.78 is 0. The quantitative estimate of drug-likeness (QED) is 0.232. The Morgan fingerprint density at radius 2 is 1.33 bits per heavy atom. The van der Waals surface area contributed by atoms with E-state index in [9.17, 15) is 0 Å². The zero-order valence-electron chi connectivity index (χ0n) is 9.78. The molecule has 0 nitrogen and oxygen atoms in total. The maximum atomic E-state index is 3.31. The minimum Gasteiger partial charge on any atom is -0.146 e. The van der Waals surface area contributed by atoms with Crippen molar-refractivity contribution in [1.29, 1.82) is 0 Å². The van der Waals surface area contributed by atoms with Gasteiger partial charge in [-0.3, -0.25) is 0 Å². The first kappa shape index (κ1) is 12.1. The summed E-state index contributed by atoms with van der Waals surface area (Å²) in [5, 5.41) is 7.86. The van der Waals surface area contributed by atoms with Gasteiger partial charge in [0.25, 0.3) is 0 Å². The molecular formula is C16H9BrZn. The van der Waals surface area contributed by atoms with Crippen molar-refractivity contribution in [1.82, 2.24) is 0 Å². The average Bonchev–Trinajstić information content (AvgIpc) is 2.47. The van der Waals surface area contributed by atoms with Crippen LogP contribution in [-0.4, -0.2) is 0 Å². The van der Waals surface area contributed by atoms with Gasteiger partial charge in [0, 0.05) is 0 Å². The molecule has 0 amide bonds. The van der Waals surface area contributed by atoms with Gasteiger partial charge in [-0.15, -0.1) is 35.0 Å².